The zero-order valence-corrected chi connectivity index (χ0v) is 15.9. The Morgan fingerprint density at radius 3 is 2.39 bits per heavy atom. The highest BCUT2D eigenvalue weighted by molar-refractivity contribution is 6.03. The van der Waals surface area contributed by atoms with Gasteiger partial charge in [-0.15, -0.1) is 0 Å². The fraction of sp³-hybridized carbons (Fsp3) is 0.136. The molecule has 0 spiro atoms. The molecule has 0 radical (unpaired) electrons. The third-order valence-corrected chi connectivity index (χ3v) is 4.43. The van der Waals surface area contributed by atoms with Crippen molar-refractivity contribution in [2.24, 2.45) is 10.8 Å². The summed E-state index contributed by atoms with van der Waals surface area (Å²) < 4.78 is 0. The molecule has 0 saturated carbocycles. The van der Waals surface area contributed by atoms with Crippen LogP contribution in [-0.4, -0.2) is 22.3 Å². The van der Waals surface area contributed by atoms with E-state index in [1.807, 2.05) is 37.3 Å². The van der Waals surface area contributed by atoms with Crippen molar-refractivity contribution in [1.29, 1.82) is 0 Å². The predicted molar refractivity (Wildman–Crippen MR) is 111 cm³/mol. The minimum absolute atomic E-state index is 0.000811. The maximum absolute atomic E-state index is 12.6. The van der Waals surface area contributed by atoms with Crippen LogP contribution in [0.4, 0.5) is 0 Å². The summed E-state index contributed by atoms with van der Waals surface area (Å²) in [6.45, 7) is 6.91. The van der Waals surface area contributed by atoms with Crippen molar-refractivity contribution in [2.75, 3.05) is 0 Å². The number of ketones is 2. The van der Waals surface area contributed by atoms with Crippen LogP contribution in [0, 0.1) is 0 Å². The fourth-order valence-electron chi connectivity index (χ4n) is 2.87. The molecule has 3 rings (SSSR count). The van der Waals surface area contributed by atoms with E-state index < -0.39 is 0 Å². The number of nitrogens with two attached hydrogens (primary N) is 1. The van der Waals surface area contributed by atoms with Gasteiger partial charge in [0.25, 0.3) is 0 Å². The van der Waals surface area contributed by atoms with Gasteiger partial charge in [-0.1, -0.05) is 30.8 Å². The predicted octanol–water partition coefficient (Wildman–Crippen LogP) is 3.54. The Balaban J connectivity index is 1.74. The fourth-order valence-corrected chi connectivity index (χ4v) is 2.87. The number of Topliss-reactive ketones (excluding diaryl/α,β-unsaturated/α-hetero) is 2. The molecule has 0 saturated heterocycles. The van der Waals surface area contributed by atoms with Crippen molar-refractivity contribution < 1.29 is 9.59 Å². The Morgan fingerprint density at radius 1 is 1.07 bits per heavy atom. The minimum Gasteiger partial charge on any atom is -0.385 e. The van der Waals surface area contributed by atoms with E-state index in [0.717, 1.165) is 27.7 Å². The van der Waals surface area contributed by atoms with Gasteiger partial charge in [-0.2, -0.15) is 5.10 Å². The standard InChI is InChI=1S/C22H22N4O2/c1-13(25-26-15(3)23)17-6-4-16(5-7-17)10-22(28)21-12-19-11-18(14(2)27)8-9-20(19)24-21/h4-9,11-12,24,26H,3,10,23H2,1-2H3/b25-13+. The number of nitrogens with zero attached hydrogens (tertiary/aromatic N) is 1. The van der Waals surface area contributed by atoms with Gasteiger partial charge in [0.2, 0.25) is 0 Å². The van der Waals surface area contributed by atoms with Gasteiger partial charge in [0.05, 0.1) is 11.4 Å². The first-order chi connectivity index (χ1) is 13.3. The zero-order valence-electron chi connectivity index (χ0n) is 15.9. The van der Waals surface area contributed by atoms with Crippen LogP contribution in [0.3, 0.4) is 0 Å². The highest BCUT2D eigenvalue weighted by Crippen LogP contribution is 2.19. The molecule has 4 N–H and O–H groups in total. The Bertz CT molecular complexity index is 1090. The number of hydrogen-bond donors (Lipinski definition) is 3. The number of nitrogens with one attached hydrogen (secondary N) is 2. The number of fused-ring (bicyclic) bond motifs is 1. The van der Waals surface area contributed by atoms with Crippen molar-refractivity contribution in [3.63, 3.8) is 0 Å². The van der Waals surface area contributed by atoms with Gasteiger partial charge in [0.1, 0.15) is 5.82 Å². The molecule has 2 aromatic carbocycles. The average Bonchev–Trinajstić information content (AvgIpc) is 3.10. The second-order valence-electron chi connectivity index (χ2n) is 6.67. The van der Waals surface area contributed by atoms with Crippen LogP contribution in [0.15, 0.2) is 66.0 Å². The average molecular weight is 374 g/mol. The summed E-state index contributed by atoms with van der Waals surface area (Å²) in [6, 6.07) is 14.8. The molecule has 0 fully saturated rings. The van der Waals surface area contributed by atoms with E-state index in [9.17, 15) is 9.59 Å². The number of carbonyl (C=O) groups excluding carboxylic acids is 2. The second kappa shape index (κ2) is 7.92. The van der Waals surface area contributed by atoms with Crippen molar-refractivity contribution in [3.05, 3.63) is 83.3 Å². The Hall–Kier alpha value is -3.67. The molecular formula is C22H22N4O2. The molecule has 0 atom stereocenters. The Kier molecular flexibility index (Phi) is 5.40. The summed E-state index contributed by atoms with van der Waals surface area (Å²) >= 11 is 0. The maximum atomic E-state index is 12.6. The molecule has 1 heterocycles. The lowest BCUT2D eigenvalue weighted by atomic mass is 10.0. The van der Waals surface area contributed by atoms with E-state index in [1.165, 1.54) is 6.92 Å². The van der Waals surface area contributed by atoms with Gasteiger partial charge < -0.3 is 10.7 Å². The molecular weight excluding hydrogens is 352 g/mol. The molecule has 0 bridgehead atoms. The number of hydrogen-bond acceptors (Lipinski definition) is 5. The van der Waals surface area contributed by atoms with E-state index in [0.29, 0.717) is 11.3 Å². The maximum Gasteiger partial charge on any atom is 0.183 e. The Labute approximate surface area is 163 Å². The van der Waals surface area contributed by atoms with E-state index in [4.69, 9.17) is 5.73 Å². The normalized spacial score (nSPS) is 11.4. The molecule has 1 aromatic heterocycles. The van der Waals surface area contributed by atoms with Crippen LogP contribution < -0.4 is 11.2 Å². The largest absolute Gasteiger partial charge is 0.385 e. The monoisotopic (exact) mass is 374 g/mol. The molecule has 0 amide bonds. The lowest BCUT2D eigenvalue weighted by molar-refractivity contribution is 0.0986. The van der Waals surface area contributed by atoms with Crippen LogP contribution in [0.2, 0.25) is 0 Å². The number of aromatic nitrogens is 1. The van der Waals surface area contributed by atoms with Crippen LogP contribution in [0.25, 0.3) is 10.9 Å². The summed E-state index contributed by atoms with van der Waals surface area (Å²) in [7, 11) is 0. The SMILES string of the molecule is C=C(N)N/N=C(\C)c1ccc(CC(=O)c2cc3cc(C(C)=O)ccc3[nH]2)cc1. The second-order valence-corrected chi connectivity index (χ2v) is 6.67. The van der Waals surface area contributed by atoms with Crippen molar-refractivity contribution in [1.82, 2.24) is 10.4 Å². The Morgan fingerprint density at radius 2 is 1.75 bits per heavy atom. The number of carbonyl (C=O) groups is 2. The van der Waals surface area contributed by atoms with Crippen molar-refractivity contribution in [2.45, 2.75) is 20.3 Å². The lowest BCUT2D eigenvalue weighted by Gasteiger charge is -2.04. The number of hydrazone groups is 1. The molecule has 0 aliphatic rings. The number of benzene rings is 2. The number of H-pyrrole nitrogens is 1. The van der Waals surface area contributed by atoms with Crippen molar-refractivity contribution in [3.8, 4) is 0 Å². The summed E-state index contributed by atoms with van der Waals surface area (Å²) in [4.78, 5) is 27.3. The smallest absolute Gasteiger partial charge is 0.183 e. The molecule has 6 heteroatoms. The van der Waals surface area contributed by atoms with Crippen molar-refractivity contribution >= 4 is 28.2 Å². The minimum atomic E-state index is -0.0141. The van der Waals surface area contributed by atoms with Crippen LogP contribution in [-0.2, 0) is 6.42 Å². The van der Waals surface area contributed by atoms with Gasteiger partial charge in [-0.25, -0.2) is 0 Å². The molecule has 0 aliphatic heterocycles. The van der Waals surface area contributed by atoms with Gasteiger partial charge >= 0.3 is 0 Å². The van der Waals surface area contributed by atoms with Crippen LogP contribution in [0.5, 0.6) is 0 Å². The zero-order chi connectivity index (χ0) is 20.3. The molecule has 28 heavy (non-hydrogen) atoms. The van der Waals surface area contributed by atoms with E-state index in [2.05, 4.69) is 22.1 Å². The highest BCUT2D eigenvalue weighted by Gasteiger charge is 2.12. The lowest BCUT2D eigenvalue weighted by Crippen LogP contribution is -2.14. The first-order valence-electron chi connectivity index (χ1n) is 8.84. The molecule has 0 aliphatic carbocycles. The molecule has 0 unspecified atom stereocenters. The topological polar surface area (TPSA) is 100 Å². The first kappa shape index (κ1) is 19.1. The van der Waals surface area contributed by atoms with Crippen LogP contribution in [0.1, 0.15) is 45.8 Å². The van der Waals surface area contributed by atoms with E-state index in [1.54, 1.807) is 18.2 Å². The van der Waals surface area contributed by atoms with Gasteiger partial charge in [-0.05, 0) is 49.2 Å². The summed E-state index contributed by atoms with van der Waals surface area (Å²) in [5, 5.41) is 4.98. The number of rotatable bonds is 7. The summed E-state index contributed by atoms with van der Waals surface area (Å²) in [6.07, 6.45) is 0.278. The van der Waals surface area contributed by atoms with E-state index >= 15 is 0 Å². The highest BCUT2D eigenvalue weighted by atomic mass is 16.1. The third kappa shape index (κ3) is 4.35. The van der Waals surface area contributed by atoms with E-state index in [-0.39, 0.29) is 23.8 Å². The summed E-state index contributed by atoms with van der Waals surface area (Å²) in [5.74, 6) is 0.260. The first-order valence-corrected chi connectivity index (χ1v) is 8.84. The van der Waals surface area contributed by atoms with Gasteiger partial charge in [-0.3, -0.25) is 15.0 Å². The quantitative estimate of drug-likeness (QED) is 0.334. The molecule has 6 nitrogen and oxygen atoms in total. The number of aromatic amines is 1. The summed E-state index contributed by atoms with van der Waals surface area (Å²) in [5.41, 5.74) is 12.7. The molecule has 142 valence electrons. The molecule has 3 aromatic rings. The van der Waals surface area contributed by atoms with Gasteiger partial charge in [0.15, 0.2) is 11.6 Å². The third-order valence-electron chi connectivity index (χ3n) is 4.43. The van der Waals surface area contributed by atoms with Crippen LogP contribution >= 0.6 is 0 Å². The van der Waals surface area contributed by atoms with Gasteiger partial charge in [0, 0.05) is 22.9 Å².